The maximum atomic E-state index is 12.2. The van der Waals surface area contributed by atoms with Crippen molar-refractivity contribution in [2.24, 2.45) is 0 Å². The molecule has 0 aromatic carbocycles. The lowest BCUT2D eigenvalue weighted by molar-refractivity contribution is -0.870. The van der Waals surface area contributed by atoms with Crippen LogP contribution in [0.4, 0.5) is 0 Å². The van der Waals surface area contributed by atoms with Crippen LogP contribution in [0.15, 0.2) is 12.2 Å². The third-order valence-electron chi connectivity index (χ3n) is 8.22. The van der Waals surface area contributed by atoms with Crippen molar-refractivity contribution < 1.29 is 32.9 Å². The van der Waals surface area contributed by atoms with Crippen molar-refractivity contribution in [3.8, 4) is 0 Å². The highest BCUT2D eigenvalue weighted by molar-refractivity contribution is 7.45. The smallest absolute Gasteiger partial charge is 0.268 e. The summed E-state index contributed by atoms with van der Waals surface area (Å²) in [5, 5.41) is 13.4. The molecule has 3 atom stereocenters. The average molecular weight is 661 g/mol. The predicted molar refractivity (Wildman–Crippen MR) is 187 cm³/mol. The Labute approximate surface area is 278 Å². The Balaban J connectivity index is 3.95. The fourth-order valence-electron chi connectivity index (χ4n) is 5.25. The van der Waals surface area contributed by atoms with Gasteiger partial charge >= 0.3 is 0 Å². The number of carbonyl (C=O) groups is 1. The zero-order chi connectivity index (χ0) is 33.7. The summed E-state index contributed by atoms with van der Waals surface area (Å²) in [7, 11) is 1.26. The van der Waals surface area contributed by atoms with Crippen molar-refractivity contribution in [2.75, 3.05) is 40.9 Å². The number of aliphatic hydroxyl groups is 1. The molecular formula is C36H73N2O6P. The quantitative estimate of drug-likeness (QED) is 0.0316. The minimum Gasteiger partial charge on any atom is -0.756 e. The van der Waals surface area contributed by atoms with E-state index in [0.717, 1.165) is 19.3 Å². The Morgan fingerprint density at radius 1 is 0.756 bits per heavy atom. The van der Waals surface area contributed by atoms with Crippen LogP contribution in [0.3, 0.4) is 0 Å². The molecule has 0 heterocycles. The summed E-state index contributed by atoms with van der Waals surface area (Å²) in [6.07, 6.45) is 31.3. The highest BCUT2D eigenvalue weighted by atomic mass is 31.2. The highest BCUT2D eigenvalue weighted by Crippen LogP contribution is 2.38. The van der Waals surface area contributed by atoms with E-state index >= 15 is 0 Å². The molecule has 0 bridgehead atoms. The molecule has 0 aliphatic heterocycles. The molecule has 9 heteroatoms. The number of nitrogens with zero attached hydrogens (tertiary/aromatic N) is 1. The third kappa shape index (κ3) is 31.6. The Morgan fingerprint density at radius 2 is 1.20 bits per heavy atom. The molecule has 2 N–H and O–H groups in total. The van der Waals surface area contributed by atoms with Crippen LogP contribution in [0.25, 0.3) is 0 Å². The van der Waals surface area contributed by atoms with Gasteiger partial charge in [0.25, 0.3) is 7.82 Å². The molecule has 1 amide bonds. The summed E-state index contributed by atoms with van der Waals surface area (Å²) in [4.78, 5) is 24.3. The van der Waals surface area contributed by atoms with Gasteiger partial charge in [-0.1, -0.05) is 148 Å². The first kappa shape index (κ1) is 44.2. The Morgan fingerprint density at radius 3 is 1.62 bits per heavy atom. The SMILES string of the molecule is CCCCCCCCCCCCCCCCCCCCCC/C=C/C(O)C(COP(=O)([O-])OCC[N+](C)(C)C)NC(=O)CCC. The van der Waals surface area contributed by atoms with Crippen LogP contribution < -0.4 is 10.2 Å². The van der Waals surface area contributed by atoms with Crippen LogP contribution in [0, 0.1) is 0 Å². The molecule has 0 rings (SSSR count). The molecule has 3 unspecified atom stereocenters. The molecule has 0 aliphatic rings. The van der Waals surface area contributed by atoms with Crippen LogP contribution in [0.1, 0.15) is 162 Å². The number of aliphatic hydroxyl groups excluding tert-OH is 1. The number of carbonyl (C=O) groups excluding carboxylic acids is 1. The van der Waals surface area contributed by atoms with Crippen LogP contribution >= 0.6 is 7.82 Å². The molecule has 45 heavy (non-hydrogen) atoms. The monoisotopic (exact) mass is 661 g/mol. The van der Waals surface area contributed by atoms with Gasteiger partial charge < -0.3 is 28.8 Å². The first-order valence-electron chi connectivity index (χ1n) is 18.6. The summed E-state index contributed by atoms with van der Waals surface area (Å²) >= 11 is 0. The first-order chi connectivity index (χ1) is 21.5. The predicted octanol–water partition coefficient (Wildman–Crippen LogP) is 8.61. The Bertz CT molecular complexity index is 758. The van der Waals surface area contributed by atoms with Gasteiger partial charge in [-0.25, -0.2) is 0 Å². The van der Waals surface area contributed by atoms with Crippen LogP contribution in [0.2, 0.25) is 0 Å². The molecule has 0 aliphatic carbocycles. The van der Waals surface area contributed by atoms with Gasteiger partial charge in [0.1, 0.15) is 13.2 Å². The molecule has 268 valence electrons. The van der Waals surface area contributed by atoms with Crippen molar-refractivity contribution in [2.45, 2.75) is 174 Å². The van der Waals surface area contributed by atoms with Crippen molar-refractivity contribution >= 4 is 13.7 Å². The first-order valence-corrected chi connectivity index (χ1v) is 20.0. The number of phosphoric ester groups is 1. The molecule has 8 nitrogen and oxygen atoms in total. The van der Waals surface area contributed by atoms with Gasteiger partial charge in [-0.15, -0.1) is 0 Å². The molecule has 0 aromatic heterocycles. The molecular weight excluding hydrogens is 587 g/mol. The number of rotatable bonds is 33. The lowest BCUT2D eigenvalue weighted by Crippen LogP contribution is -2.45. The minimum absolute atomic E-state index is 0.000922. The van der Waals surface area contributed by atoms with Crippen molar-refractivity contribution in [3.05, 3.63) is 12.2 Å². The highest BCUT2D eigenvalue weighted by Gasteiger charge is 2.22. The van der Waals surface area contributed by atoms with Gasteiger partial charge in [-0.2, -0.15) is 0 Å². The zero-order valence-corrected chi connectivity index (χ0v) is 31.0. The molecule has 0 saturated heterocycles. The number of amides is 1. The number of hydrogen-bond acceptors (Lipinski definition) is 6. The van der Waals surface area contributed by atoms with E-state index in [-0.39, 0.29) is 19.1 Å². The number of allylic oxidation sites excluding steroid dienone is 1. The summed E-state index contributed by atoms with van der Waals surface area (Å²) in [6.45, 7) is 4.28. The number of phosphoric acid groups is 1. The van der Waals surface area contributed by atoms with E-state index in [1.165, 1.54) is 116 Å². The fraction of sp³-hybridized carbons (Fsp3) is 0.917. The van der Waals surface area contributed by atoms with Gasteiger partial charge in [0.15, 0.2) is 0 Å². The number of unbranched alkanes of at least 4 members (excludes halogenated alkanes) is 20. The van der Waals surface area contributed by atoms with Crippen LogP contribution in [-0.2, 0) is 18.4 Å². The van der Waals surface area contributed by atoms with Gasteiger partial charge in [-0.05, 0) is 19.3 Å². The van der Waals surface area contributed by atoms with E-state index in [1.807, 2.05) is 34.1 Å². The lowest BCUT2D eigenvalue weighted by Gasteiger charge is -2.29. The van der Waals surface area contributed by atoms with E-state index < -0.39 is 20.0 Å². The Hall–Kier alpha value is -0.760. The molecule has 0 aromatic rings. The standard InChI is InChI=1S/C36H73N2O6P/c1-6-8-9-10-11-12-13-14-15-16-17-18-19-20-21-22-23-24-25-26-27-28-30-35(39)34(37-36(40)29-7-2)33-44-45(41,42)43-32-31-38(3,4)5/h28,30,34-35,39H,6-27,29,31-33H2,1-5H3,(H-,37,40,41,42)/b30-28+. The molecule has 0 radical (unpaired) electrons. The molecule has 0 saturated carbocycles. The summed E-state index contributed by atoms with van der Waals surface area (Å²) in [5.41, 5.74) is 0. The van der Waals surface area contributed by atoms with Crippen molar-refractivity contribution in [3.63, 3.8) is 0 Å². The molecule has 0 fully saturated rings. The van der Waals surface area contributed by atoms with Crippen LogP contribution in [-0.4, -0.2) is 68.5 Å². The normalized spacial score (nSPS) is 14.9. The van der Waals surface area contributed by atoms with Gasteiger partial charge in [0.05, 0.1) is 39.9 Å². The Kier molecular flexibility index (Phi) is 28.9. The minimum atomic E-state index is -4.55. The zero-order valence-electron chi connectivity index (χ0n) is 30.1. The third-order valence-corrected chi connectivity index (χ3v) is 9.18. The van der Waals surface area contributed by atoms with E-state index in [4.69, 9.17) is 9.05 Å². The second kappa shape index (κ2) is 29.4. The number of nitrogens with one attached hydrogen (secondary N) is 1. The summed E-state index contributed by atoms with van der Waals surface area (Å²) in [6, 6.07) is -0.875. The van der Waals surface area contributed by atoms with Gasteiger partial charge in [0.2, 0.25) is 5.91 Å². The van der Waals surface area contributed by atoms with Crippen LogP contribution in [0.5, 0.6) is 0 Å². The van der Waals surface area contributed by atoms with Gasteiger partial charge in [0, 0.05) is 6.42 Å². The van der Waals surface area contributed by atoms with E-state index in [9.17, 15) is 19.4 Å². The molecule has 0 spiro atoms. The van der Waals surface area contributed by atoms with Gasteiger partial charge in [-0.3, -0.25) is 9.36 Å². The second-order valence-electron chi connectivity index (χ2n) is 13.9. The average Bonchev–Trinajstić information content (AvgIpc) is 2.97. The van der Waals surface area contributed by atoms with E-state index in [0.29, 0.717) is 23.9 Å². The van der Waals surface area contributed by atoms with E-state index in [2.05, 4.69) is 12.2 Å². The van der Waals surface area contributed by atoms with E-state index in [1.54, 1.807) is 6.08 Å². The maximum Gasteiger partial charge on any atom is 0.268 e. The summed E-state index contributed by atoms with van der Waals surface area (Å²) < 4.78 is 22.7. The van der Waals surface area contributed by atoms with Crippen molar-refractivity contribution in [1.82, 2.24) is 5.32 Å². The fourth-order valence-corrected chi connectivity index (χ4v) is 5.98. The maximum absolute atomic E-state index is 12.2. The van der Waals surface area contributed by atoms with Crippen molar-refractivity contribution in [1.29, 1.82) is 0 Å². The largest absolute Gasteiger partial charge is 0.756 e. The number of quaternary nitrogens is 1. The summed E-state index contributed by atoms with van der Waals surface area (Å²) in [5.74, 6) is -0.251. The number of likely N-dealkylation sites (N-methyl/N-ethyl adjacent to an activating group) is 1. The lowest BCUT2D eigenvalue weighted by atomic mass is 10.0. The second-order valence-corrected chi connectivity index (χ2v) is 15.3. The number of hydrogen-bond donors (Lipinski definition) is 2. The topological polar surface area (TPSA) is 108 Å².